The van der Waals surface area contributed by atoms with Crippen molar-refractivity contribution >= 4 is 63.4 Å². The number of aryl methyl sites for hydroxylation is 1. The van der Waals surface area contributed by atoms with Crippen molar-refractivity contribution in [2.75, 3.05) is 5.73 Å². The SMILES string of the molecule is CCc1nc(N)sc1C(=O)N/N=C/c1ccc(OCc2c(Cl)ccc(Cl)c2Cl)cc1. The number of nitrogens with zero attached hydrogens (tertiary/aromatic N) is 2. The number of nitrogens with two attached hydrogens (primary N) is 1. The van der Waals surface area contributed by atoms with Crippen molar-refractivity contribution in [1.82, 2.24) is 10.4 Å². The molecule has 3 rings (SSSR count). The molecule has 0 saturated heterocycles. The number of rotatable bonds is 7. The summed E-state index contributed by atoms with van der Waals surface area (Å²) in [7, 11) is 0. The smallest absolute Gasteiger partial charge is 0.283 e. The van der Waals surface area contributed by atoms with Crippen LogP contribution in [0.25, 0.3) is 0 Å². The lowest BCUT2D eigenvalue weighted by Crippen LogP contribution is -2.17. The van der Waals surface area contributed by atoms with Crippen molar-refractivity contribution in [2.45, 2.75) is 20.0 Å². The summed E-state index contributed by atoms with van der Waals surface area (Å²) in [4.78, 5) is 16.8. The summed E-state index contributed by atoms with van der Waals surface area (Å²) in [6.45, 7) is 2.09. The molecule has 6 nitrogen and oxygen atoms in total. The average molecular weight is 484 g/mol. The molecule has 1 heterocycles. The number of hydrogen-bond acceptors (Lipinski definition) is 6. The Morgan fingerprint density at radius 2 is 1.90 bits per heavy atom. The fourth-order valence-corrected chi connectivity index (χ4v) is 3.98. The Bertz CT molecular complexity index is 1080. The van der Waals surface area contributed by atoms with Gasteiger partial charge in [0, 0.05) is 10.6 Å². The predicted molar refractivity (Wildman–Crippen MR) is 123 cm³/mol. The van der Waals surface area contributed by atoms with Crippen LogP contribution in [0.3, 0.4) is 0 Å². The number of anilines is 1. The number of nitrogens with one attached hydrogen (secondary N) is 1. The van der Waals surface area contributed by atoms with Gasteiger partial charge < -0.3 is 10.5 Å². The van der Waals surface area contributed by atoms with Gasteiger partial charge in [-0.3, -0.25) is 4.79 Å². The zero-order valence-electron chi connectivity index (χ0n) is 15.8. The summed E-state index contributed by atoms with van der Waals surface area (Å²) in [5.74, 6) is 0.281. The standard InChI is InChI=1S/C20H17Cl3N4O2S/c1-2-16-18(30-20(24)26-16)19(28)27-25-9-11-3-5-12(6-4-11)29-10-13-14(21)7-8-15(22)17(13)23/h3-9H,2,10H2,1H3,(H2,24,26)(H,27,28)/b25-9+. The summed E-state index contributed by atoms with van der Waals surface area (Å²) in [6.07, 6.45) is 2.15. The highest BCUT2D eigenvalue weighted by Gasteiger charge is 2.15. The quantitative estimate of drug-likeness (QED) is 0.260. The summed E-state index contributed by atoms with van der Waals surface area (Å²) < 4.78 is 5.73. The van der Waals surface area contributed by atoms with Crippen molar-refractivity contribution < 1.29 is 9.53 Å². The molecule has 1 amide bonds. The third-order valence-electron chi connectivity index (χ3n) is 4.04. The molecule has 1 aromatic heterocycles. The molecule has 0 radical (unpaired) electrons. The van der Waals surface area contributed by atoms with Gasteiger partial charge in [0.25, 0.3) is 5.91 Å². The van der Waals surface area contributed by atoms with E-state index in [-0.39, 0.29) is 12.5 Å². The zero-order chi connectivity index (χ0) is 21.7. The maximum atomic E-state index is 12.2. The van der Waals surface area contributed by atoms with Gasteiger partial charge in [0.2, 0.25) is 0 Å². The molecule has 2 aromatic carbocycles. The normalized spacial score (nSPS) is 11.1. The van der Waals surface area contributed by atoms with E-state index in [1.54, 1.807) is 36.4 Å². The van der Waals surface area contributed by atoms with Crippen LogP contribution in [0.1, 0.15) is 33.4 Å². The third-order valence-corrected chi connectivity index (χ3v) is 6.16. The van der Waals surface area contributed by atoms with Crippen molar-refractivity contribution in [3.05, 3.63) is 73.2 Å². The number of thiazole rings is 1. The Morgan fingerprint density at radius 3 is 2.60 bits per heavy atom. The van der Waals surface area contributed by atoms with Crippen LogP contribution in [0.2, 0.25) is 15.1 Å². The number of amides is 1. The maximum Gasteiger partial charge on any atom is 0.283 e. The molecule has 0 aliphatic carbocycles. The molecule has 0 unspecified atom stereocenters. The van der Waals surface area contributed by atoms with Crippen molar-refractivity contribution in [2.24, 2.45) is 5.10 Å². The zero-order valence-corrected chi connectivity index (χ0v) is 18.9. The number of aromatic nitrogens is 1. The van der Waals surface area contributed by atoms with Crippen LogP contribution < -0.4 is 15.9 Å². The van der Waals surface area contributed by atoms with E-state index in [9.17, 15) is 4.79 Å². The Labute approximate surface area is 192 Å². The number of ether oxygens (including phenoxy) is 1. The van der Waals surface area contributed by atoms with Gasteiger partial charge in [-0.1, -0.05) is 53.1 Å². The number of benzene rings is 2. The van der Waals surface area contributed by atoms with Gasteiger partial charge in [0.15, 0.2) is 5.13 Å². The lowest BCUT2D eigenvalue weighted by Gasteiger charge is -2.10. The number of nitrogen functional groups attached to an aromatic ring is 1. The number of carbonyl (C=O) groups is 1. The van der Waals surface area contributed by atoms with Crippen LogP contribution in [-0.2, 0) is 13.0 Å². The highest BCUT2D eigenvalue weighted by atomic mass is 35.5. The topological polar surface area (TPSA) is 89.6 Å². The number of halogens is 3. The molecule has 0 fully saturated rings. The largest absolute Gasteiger partial charge is 0.489 e. The van der Waals surface area contributed by atoms with E-state index < -0.39 is 0 Å². The lowest BCUT2D eigenvalue weighted by molar-refractivity contribution is 0.0958. The van der Waals surface area contributed by atoms with E-state index in [0.717, 1.165) is 16.9 Å². The van der Waals surface area contributed by atoms with Crippen LogP contribution in [0.15, 0.2) is 41.5 Å². The Kier molecular flexibility index (Phi) is 7.55. The van der Waals surface area contributed by atoms with Crippen LogP contribution in [0.4, 0.5) is 5.13 Å². The van der Waals surface area contributed by atoms with Crippen LogP contribution in [0.5, 0.6) is 5.75 Å². The number of hydrogen-bond donors (Lipinski definition) is 2. The first-order chi connectivity index (χ1) is 14.4. The molecule has 0 atom stereocenters. The fraction of sp³-hybridized carbons (Fsp3) is 0.150. The predicted octanol–water partition coefficient (Wildman–Crippen LogP) is 5.59. The van der Waals surface area contributed by atoms with Gasteiger partial charge >= 0.3 is 0 Å². The first-order valence-corrected chi connectivity index (χ1v) is 10.8. The molecule has 10 heteroatoms. The van der Waals surface area contributed by atoms with Crippen LogP contribution >= 0.6 is 46.1 Å². The van der Waals surface area contributed by atoms with Gasteiger partial charge in [0.1, 0.15) is 17.2 Å². The Hall–Kier alpha value is -2.32. The molecular formula is C20H17Cl3N4O2S. The average Bonchev–Trinajstić information content (AvgIpc) is 3.13. The summed E-state index contributed by atoms with van der Waals surface area (Å²) in [5.41, 5.74) is 10.2. The van der Waals surface area contributed by atoms with Gasteiger partial charge in [-0.05, 0) is 48.4 Å². The third kappa shape index (κ3) is 5.43. The van der Waals surface area contributed by atoms with Crippen LogP contribution in [0, 0.1) is 0 Å². The minimum absolute atomic E-state index is 0.180. The van der Waals surface area contributed by atoms with Gasteiger partial charge in [-0.25, -0.2) is 10.4 Å². The van der Waals surface area contributed by atoms with Gasteiger partial charge in [-0.2, -0.15) is 5.10 Å². The number of carbonyl (C=O) groups excluding carboxylic acids is 1. The monoisotopic (exact) mass is 482 g/mol. The summed E-state index contributed by atoms with van der Waals surface area (Å²) >= 11 is 19.5. The minimum Gasteiger partial charge on any atom is -0.489 e. The number of hydrazone groups is 1. The maximum absolute atomic E-state index is 12.2. The summed E-state index contributed by atoms with van der Waals surface area (Å²) in [6, 6.07) is 10.5. The van der Waals surface area contributed by atoms with Crippen LogP contribution in [-0.4, -0.2) is 17.1 Å². The molecule has 3 N–H and O–H groups in total. The van der Waals surface area contributed by atoms with Crippen molar-refractivity contribution in [3.63, 3.8) is 0 Å². The minimum atomic E-state index is -0.340. The molecule has 30 heavy (non-hydrogen) atoms. The molecule has 0 saturated carbocycles. The van der Waals surface area contributed by atoms with Crippen molar-refractivity contribution in [3.8, 4) is 5.75 Å². The van der Waals surface area contributed by atoms with Crippen molar-refractivity contribution in [1.29, 1.82) is 0 Å². The first kappa shape index (κ1) is 22.4. The molecule has 3 aromatic rings. The first-order valence-electron chi connectivity index (χ1n) is 8.82. The molecule has 156 valence electrons. The molecule has 0 aliphatic rings. The second-order valence-electron chi connectivity index (χ2n) is 6.06. The van der Waals surface area contributed by atoms with Gasteiger partial charge in [-0.15, -0.1) is 0 Å². The Morgan fingerprint density at radius 1 is 1.20 bits per heavy atom. The fourth-order valence-electron chi connectivity index (χ4n) is 2.51. The molecule has 0 spiro atoms. The van der Waals surface area contributed by atoms with Gasteiger partial charge in [0.05, 0.1) is 22.0 Å². The molecule has 0 bridgehead atoms. The molecular weight excluding hydrogens is 467 g/mol. The second kappa shape index (κ2) is 10.1. The second-order valence-corrected chi connectivity index (χ2v) is 8.28. The van der Waals surface area contributed by atoms with E-state index in [2.05, 4.69) is 15.5 Å². The van der Waals surface area contributed by atoms with E-state index in [4.69, 9.17) is 45.3 Å². The van der Waals surface area contributed by atoms with E-state index >= 15 is 0 Å². The van der Waals surface area contributed by atoms with E-state index in [1.165, 1.54) is 6.21 Å². The van der Waals surface area contributed by atoms with E-state index in [1.807, 2.05) is 6.92 Å². The Balaban J connectivity index is 1.58. The summed E-state index contributed by atoms with van der Waals surface area (Å²) in [5, 5.41) is 5.61. The molecule has 0 aliphatic heterocycles. The highest BCUT2D eigenvalue weighted by molar-refractivity contribution is 7.17. The lowest BCUT2D eigenvalue weighted by atomic mass is 10.2. The van der Waals surface area contributed by atoms with E-state index in [0.29, 0.717) is 48.5 Å². The highest BCUT2D eigenvalue weighted by Crippen LogP contribution is 2.32.